The maximum atomic E-state index is 10.9. The van der Waals surface area contributed by atoms with Crippen LogP contribution in [0.5, 0.6) is 0 Å². The first kappa shape index (κ1) is 14.0. The average Bonchev–Trinajstić information content (AvgIpc) is 2.65. The van der Waals surface area contributed by atoms with Gasteiger partial charge in [-0.25, -0.2) is 0 Å². The van der Waals surface area contributed by atoms with E-state index in [4.69, 9.17) is 10.2 Å². The Morgan fingerprint density at radius 2 is 2.27 bits per heavy atom. The standard InChI is InChI=1S/C10H15NO3.ClH/c1-3-7-4-5-9(14-7)8(11)6-10(12)13-2;/h4-5,8H,3,6,11H2,1-2H3;1H/t8-;/m0./s1. The molecule has 2 N–H and O–H groups in total. The van der Waals surface area contributed by atoms with E-state index >= 15 is 0 Å². The average molecular weight is 234 g/mol. The fraction of sp³-hybridized carbons (Fsp3) is 0.500. The summed E-state index contributed by atoms with van der Waals surface area (Å²) in [6.45, 7) is 1.99. The number of nitrogens with two attached hydrogens (primary N) is 1. The number of furan rings is 1. The number of carbonyl (C=O) groups excluding carboxylic acids is 1. The van der Waals surface area contributed by atoms with Crippen molar-refractivity contribution in [1.82, 2.24) is 0 Å². The summed E-state index contributed by atoms with van der Waals surface area (Å²) in [5, 5.41) is 0. The lowest BCUT2D eigenvalue weighted by Crippen LogP contribution is -2.15. The summed E-state index contributed by atoms with van der Waals surface area (Å²) in [5.41, 5.74) is 5.74. The second-order valence-corrected chi connectivity index (χ2v) is 3.04. The van der Waals surface area contributed by atoms with Gasteiger partial charge >= 0.3 is 5.97 Å². The third-order valence-corrected chi connectivity index (χ3v) is 2.01. The van der Waals surface area contributed by atoms with Gasteiger partial charge in [0, 0.05) is 6.42 Å². The van der Waals surface area contributed by atoms with Crippen LogP contribution in [0.15, 0.2) is 16.5 Å². The van der Waals surface area contributed by atoms with E-state index in [9.17, 15) is 4.79 Å². The molecule has 0 aliphatic rings. The SMILES string of the molecule is CCc1ccc([C@@H](N)CC(=O)OC)o1.Cl. The number of esters is 1. The largest absolute Gasteiger partial charge is 0.469 e. The minimum Gasteiger partial charge on any atom is -0.469 e. The predicted octanol–water partition coefficient (Wildman–Crippen LogP) is 1.83. The van der Waals surface area contributed by atoms with Gasteiger partial charge < -0.3 is 14.9 Å². The van der Waals surface area contributed by atoms with E-state index in [1.807, 2.05) is 13.0 Å². The van der Waals surface area contributed by atoms with E-state index in [0.717, 1.165) is 12.2 Å². The molecule has 15 heavy (non-hydrogen) atoms. The van der Waals surface area contributed by atoms with Gasteiger partial charge in [-0.2, -0.15) is 0 Å². The molecule has 0 radical (unpaired) electrons. The molecular weight excluding hydrogens is 218 g/mol. The van der Waals surface area contributed by atoms with Gasteiger partial charge in [-0.05, 0) is 12.1 Å². The lowest BCUT2D eigenvalue weighted by molar-refractivity contribution is -0.141. The first-order chi connectivity index (χ1) is 6.67. The Hall–Kier alpha value is -1.00. The van der Waals surface area contributed by atoms with Crippen LogP contribution in [-0.2, 0) is 16.0 Å². The van der Waals surface area contributed by atoms with Crippen molar-refractivity contribution in [2.45, 2.75) is 25.8 Å². The van der Waals surface area contributed by atoms with E-state index in [0.29, 0.717) is 5.76 Å². The second kappa shape index (κ2) is 6.48. The van der Waals surface area contributed by atoms with Gasteiger partial charge in [-0.1, -0.05) is 6.92 Å². The summed E-state index contributed by atoms with van der Waals surface area (Å²) in [6, 6.07) is 3.25. The molecule has 0 fully saturated rings. The predicted molar refractivity (Wildman–Crippen MR) is 58.9 cm³/mol. The molecule has 86 valence electrons. The summed E-state index contributed by atoms with van der Waals surface area (Å²) in [5.74, 6) is 1.18. The fourth-order valence-corrected chi connectivity index (χ4v) is 1.15. The minimum absolute atomic E-state index is 0. The number of halogens is 1. The van der Waals surface area contributed by atoms with Crippen molar-refractivity contribution in [3.8, 4) is 0 Å². The molecule has 1 atom stereocenters. The van der Waals surface area contributed by atoms with Crippen LogP contribution < -0.4 is 5.73 Å². The van der Waals surface area contributed by atoms with Gasteiger partial charge in [0.25, 0.3) is 0 Å². The lowest BCUT2D eigenvalue weighted by Gasteiger charge is -2.06. The summed E-state index contributed by atoms with van der Waals surface area (Å²) in [7, 11) is 1.34. The van der Waals surface area contributed by atoms with Crippen molar-refractivity contribution in [3.63, 3.8) is 0 Å². The van der Waals surface area contributed by atoms with Gasteiger partial charge in [0.05, 0.1) is 19.6 Å². The van der Waals surface area contributed by atoms with Crippen LogP contribution in [0.4, 0.5) is 0 Å². The Morgan fingerprint density at radius 3 is 2.73 bits per heavy atom. The smallest absolute Gasteiger partial charge is 0.307 e. The van der Waals surface area contributed by atoms with Crippen molar-refractivity contribution in [2.24, 2.45) is 5.73 Å². The molecule has 1 aromatic heterocycles. The maximum Gasteiger partial charge on any atom is 0.307 e. The van der Waals surface area contributed by atoms with Crippen molar-refractivity contribution >= 4 is 18.4 Å². The van der Waals surface area contributed by atoms with Crippen LogP contribution in [0.3, 0.4) is 0 Å². The molecule has 5 heteroatoms. The number of carbonyl (C=O) groups is 1. The van der Waals surface area contributed by atoms with Gasteiger partial charge in [0.15, 0.2) is 0 Å². The normalized spacial score (nSPS) is 11.7. The number of hydrogen-bond donors (Lipinski definition) is 1. The van der Waals surface area contributed by atoms with Gasteiger partial charge in [-0.15, -0.1) is 12.4 Å². The van der Waals surface area contributed by atoms with Gasteiger partial charge in [0.1, 0.15) is 11.5 Å². The van der Waals surface area contributed by atoms with Crippen LogP contribution in [-0.4, -0.2) is 13.1 Å². The third kappa shape index (κ3) is 3.93. The molecule has 0 saturated carbocycles. The number of ether oxygens (including phenoxy) is 1. The monoisotopic (exact) mass is 233 g/mol. The number of hydrogen-bond acceptors (Lipinski definition) is 4. The van der Waals surface area contributed by atoms with Crippen LogP contribution in [0.1, 0.15) is 30.9 Å². The van der Waals surface area contributed by atoms with E-state index in [1.165, 1.54) is 7.11 Å². The Labute approximate surface area is 95.2 Å². The minimum atomic E-state index is -0.414. The molecule has 0 amide bonds. The van der Waals surface area contributed by atoms with Crippen LogP contribution in [0.2, 0.25) is 0 Å². The van der Waals surface area contributed by atoms with Crippen molar-refractivity contribution in [3.05, 3.63) is 23.7 Å². The Bertz CT molecular complexity index is 311. The molecule has 0 unspecified atom stereocenters. The highest BCUT2D eigenvalue weighted by Crippen LogP contribution is 2.17. The molecule has 0 aliphatic carbocycles. The topological polar surface area (TPSA) is 65.5 Å². The number of methoxy groups -OCH3 is 1. The quantitative estimate of drug-likeness (QED) is 0.806. The highest BCUT2D eigenvalue weighted by Gasteiger charge is 2.15. The zero-order chi connectivity index (χ0) is 10.6. The molecule has 1 heterocycles. The fourth-order valence-electron chi connectivity index (χ4n) is 1.15. The molecule has 0 aliphatic heterocycles. The lowest BCUT2D eigenvalue weighted by atomic mass is 10.2. The Morgan fingerprint density at radius 1 is 1.60 bits per heavy atom. The van der Waals surface area contributed by atoms with E-state index < -0.39 is 6.04 Å². The van der Waals surface area contributed by atoms with Crippen molar-refractivity contribution < 1.29 is 13.9 Å². The second-order valence-electron chi connectivity index (χ2n) is 3.04. The molecule has 0 spiro atoms. The zero-order valence-corrected chi connectivity index (χ0v) is 9.67. The van der Waals surface area contributed by atoms with Crippen LogP contribution in [0.25, 0.3) is 0 Å². The molecule has 1 rings (SSSR count). The van der Waals surface area contributed by atoms with Crippen molar-refractivity contribution in [1.29, 1.82) is 0 Å². The van der Waals surface area contributed by atoms with Gasteiger partial charge in [-0.3, -0.25) is 4.79 Å². The Kier molecular flexibility index (Phi) is 6.05. The van der Waals surface area contributed by atoms with Crippen LogP contribution in [0, 0.1) is 0 Å². The van der Waals surface area contributed by atoms with E-state index in [2.05, 4.69) is 4.74 Å². The summed E-state index contributed by atoms with van der Waals surface area (Å²) in [6.07, 6.45) is 0.970. The molecule has 0 aromatic carbocycles. The first-order valence-corrected chi connectivity index (χ1v) is 4.58. The molecule has 1 aromatic rings. The number of rotatable bonds is 4. The summed E-state index contributed by atoms with van der Waals surface area (Å²) in [4.78, 5) is 10.9. The maximum absolute atomic E-state index is 10.9. The molecular formula is C10H16ClNO3. The zero-order valence-electron chi connectivity index (χ0n) is 8.86. The van der Waals surface area contributed by atoms with Gasteiger partial charge in [0.2, 0.25) is 0 Å². The Balaban J connectivity index is 0.00000196. The first-order valence-electron chi connectivity index (χ1n) is 4.58. The van der Waals surface area contributed by atoms with Crippen molar-refractivity contribution in [2.75, 3.05) is 7.11 Å². The molecule has 0 bridgehead atoms. The van der Waals surface area contributed by atoms with E-state index in [-0.39, 0.29) is 24.8 Å². The van der Waals surface area contributed by atoms with Crippen LogP contribution >= 0.6 is 12.4 Å². The van der Waals surface area contributed by atoms with E-state index in [1.54, 1.807) is 6.07 Å². The summed E-state index contributed by atoms with van der Waals surface area (Å²) >= 11 is 0. The molecule has 0 saturated heterocycles. The molecule has 4 nitrogen and oxygen atoms in total. The number of aryl methyl sites for hydroxylation is 1. The highest BCUT2D eigenvalue weighted by atomic mass is 35.5. The third-order valence-electron chi connectivity index (χ3n) is 2.01. The highest BCUT2D eigenvalue weighted by molar-refractivity contribution is 5.85. The summed E-state index contributed by atoms with van der Waals surface area (Å²) < 4.78 is 9.92.